The SMILES string of the molecule is C/C(=N\NC(=O)c1nnn(-c2nonc2N)c1CN1CCCC[C@@H]1C)c1ccc(-c2ccccc2)cc1. The molecule has 2 aromatic carbocycles. The van der Waals surface area contributed by atoms with E-state index in [0.717, 1.165) is 36.1 Å². The van der Waals surface area contributed by atoms with Gasteiger partial charge < -0.3 is 5.73 Å². The van der Waals surface area contributed by atoms with Crippen molar-refractivity contribution in [3.8, 4) is 16.9 Å². The predicted octanol–water partition coefficient (Wildman–Crippen LogP) is 3.43. The third kappa shape index (κ3) is 5.26. The highest BCUT2D eigenvalue weighted by atomic mass is 16.6. The third-order valence-electron chi connectivity index (χ3n) is 6.70. The van der Waals surface area contributed by atoms with E-state index >= 15 is 0 Å². The van der Waals surface area contributed by atoms with Gasteiger partial charge in [-0.15, -0.1) is 5.10 Å². The van der Waals surface area contributed by atoms with Gasteiger partial charge in [0, 0.05) is 12.6 Å². The molecule has 3 heterocycles. The second-order valence-electron chi connectivity index (χ2n) is 9.17. The number of carbonyl (C=O) groups excluding carboxylic acids is 1. The van der Waals surface area contributed by atoms with Gasteiger partial charge in [0.2, 0.25) is 11.6 Å². The van der Waals surface area contributed by atoms with Crippen molar-refractivity contribution in [2.45, 2.75) is 45.7 Å². The first-order chi connectivity index (χ1) is 18.0. The van der Waals surface area contributed by atoms with Gasteiger partial charge in [0.1, 0.15) is 0 Å². The van der Waals surface area contributed by atoms with Crippen LogP contribution in [0.1, 0.15) is 54.9 Å². The fourth-order valence-electron chi connectivity index (χ4n) is 4.50. The highest BCUT2D eigenvalue weighted by Gasteiger charge is 2.28. The molecule has 37 heavy (non-hydrogen) atoms. The fourth-order valence-corrected chi connectivity index (χ4v) is 4.50. The number of nitrogens with zero attached hydrogens (tertiary/aromatic N) is 7. The monoisotopic (exact) mass is 499 g/mol. The van der Waals surface area contributed by atoms with Crippen LogP contribution in [0.3, 0.4) is 0 Å². The van der Waals surface area contributed by atoms with Crippen LogP contribution >= 0.6 is 0 Å². The maximum atomic E-state index is 13.2. The van der Waals surface area contributed by atoms with Crippen LogP contribution in [0.25, 0.3) is 16.9 Å². The lowest BCUT2D eigenvalue weighted by Crippen LogP contribution is -2.38. The maximum Gasteiger partial charge on any atom is 0.293 e. The average Bonchev–Trinajstić information content (AvgIpc) is 3.54. The second-order valence-corrected chi connectivity index (χ2v) is 9.17. The summed E-state index contributed by atoms with van der Waals surface area (Å²) in [5.74, 6) is -0.205. The van der Waals surface area contributed by atoms with Crippen LogP contribution in [0.4, 0.5) is 5.82 Å². The number of piperidine rings is 1. The summed E-state index contributed by atoms with van der Waals surface area (Å²) in [6.45, 7) is 5.38. The van der Waals surface area contributed by atoms with Crippen molar-refractivity contribution < 1.29 is 9.42 Å². The summed E-state index contributed by atoms with van der Waals surface area (Å²) in [7, 11) is 0. The number of likely N-dealkylation sites (tertiary alicyclic amines) is 1. The van der Waals surface area contributed by atoms with Crippen LogP contribution < -0.4 is 11.2 Å². The molecule has 2 aromatic heterocycles. The average molecular weight is 500 g/mol. The first-order valence-corrected chi connectivity index (χ1v) is 12.3. The van der Waals surface area contributed by atoms with E-state index in [9.17, 15) is 4.79 Å². The van der Waals surface area contributed by atoms with E-state index in [0.29, 0.717) is 24.0 Å². The maximum absolute atomic E-state index is 13.2. The molecule has 0 radical (unpaired) electrons. The quantitative estimate of drug-likeness (QED) is 0.291. The number of amides is 1. The number of nitrogens with two attached hydrogens (primary N) is 1. The van der Waals surface area contributed by atoms with E-state index in [1.54, 1.807) is 0 Å². The van der Waals surface area contributed by atoms with Crippen LogP contribution in [0.5, 0.6) is 0 Å². The first kappa shape index (κ1) is 24.3. The van der Waals surface area contributed by atoms with Crippen LogP contribution in [0.15, 0.2) is 64.3 Å². The number of carbonyl (C=O) groups is 1. The van der Waals surface area contributed by atoms with Gasteiger partial charge in [-0.05, 0) is 60.2 Å². The Labute approximate surface area is 214 Å². The van der Waals surface area contributed by atoms with Crippen molar-refractivity contribution >= 4 is 17.4 Å². The molecule has 4 aromatic rings. The van der Waals surface area contributed by atoms with Gasteiger partial charge in [0.15, 0.2) is 5.69 Å². The molecule has 1 saturated heterocycles. The number of benzene rings is 2. The zero-order valence-electron chi connectivity index (χ0n) is 20.8. The molecule has 1 fully saturated rings. The molecule has 1 aliphatic heterocycles. The topological polar surface area (TPSA) is 140 Å². The molecule has 1 atom stereocenters. The summed E-state index contributed by atoms with van der Waals surface area (Å²) in [6.07, 6.45) is 3.36. The summed E-state index contributed by atoms with van der Waals surface area (Å²) in [4.78, 5) is 15.5. The van der Waals surface area contributed by atoms with Crippen LogP contribution in [-0.2, 0) is 6.54 Å². The van der Waals surface area contributed by atoms with Crippen molar-refractivity contribution in [1.29, 1.82) is 0 Å². The van der Waals surface area contributed by atoms with Crippen LogP contribution in [0, 0.1) is 0 Å². The summed E-state index contributed by atoms with van der Waals surface area (Å²) >= 11 is 0. The minimum absolute atomic E-state index is 0.0672. The number of nitrogens with one attached hydrogen (secondary N) is 1. The van der Waals surface area contributed by atoms with Gasteiger partial charge in [0.05, 0.1) is 11.4 Å². The number of hydrogen-bond acceptors (Lipinski definition) is 9. The number of hydrogen-bond donors (Lipinski definition) is 2. The molecule has 1 amide bonds. The van der Waals surface area contributed by atoms with Crippen molar-refractivity contribution in [2.24, 2.45) is 5.10 Å². The fraction of sp³-hybridized carbons (Fsp3) is 0.308. The Kier molecular flexibility index (Phi) is 7.04. The van der Waals surface area contributed by atoms with Crippen LogP contribution in [0.2, 0.25) is 0 Å². The Bertz CT molecular complexity index is 1390. The summed E-state index contributed by atoms with van der Waals surface area (Å²) < 4.78 is 6.17. The van der Waals surface area contributed by atoms with Gasteiger partial charge in [-0.2, -0.15) is 9.78 Å². The Morgan fingerprint density at radius 2 is 1.86 bits per heavy atom. The van der Waals surface area contributed by atoms with E-state index in [2.05, 4.69) is 55.1 Å². The number of hydrazone groups is 1. The Hall–Kier alpha value is -4.38. The molecule has 3 N–H and O–H groups in total. The lowest BCUT2D eigenvalue weighted by Gasteiger charge is -2.33. The van der Waals surface area contributed by atoms with Gasteiger partial charge >= 0.3 is 0 Å². The summed E-state index contributed by atoms with van der Waals surface area (Å²) in [5.41, 5.74) is 13.0. The third-order valence-corrected chi connectivity index (χ3v) is 6.70. The van der Waals surface area contributed by atoms with Crippen molar-refractivity contribution in [2.75, 3.05) is 12.3 Å². The largest absolute Gasteiger partial charge is 0.378 e. The van der Waals surface area contributed by atoms with Crippen molar-refractivity contribution in [3.05, 3.63) is 71.5 Å². The summed E-state index contributed by atoms with van der Waals surface area (Å²) in [5, 5.41) is 20.1. The first-order valence-electron chi connectivity index (χ1n) is 12.3. The number of nitrogen functional groups attached to an aromatic ring is 1. The lowest BCUT2D eigenvalue weighted by atomic mass is 10.0. The standard InChI is InChI=1S/C26H29N9O2/c1-17-8-6-7-15-34(17)16-22-23(29-33-35(22)25-24(27)31-37-32-25)26(36)30-28-18(2)19-11-13-21(14-12-19)20-9-4-3-5-10-20/h3-5,9-14,17H,6-8,15-16H2,1-2H3,(H2,27,31)(H,30,36)/b28-18+/t17-/m0/s1. The van der Waals surface area contributed by atoms with E-state index in [4.69, 9.17) is 10.4 Å². The highest BCUT2D eigenvalue weighted by Crippen LogP contribution is 2.23. The molecule has 5 rings (SSSR count). The number of rotatable bonds is 7. The molecular weight excluding hydrogens is 470 g/mol. The molecule has 190 valence electrons. The highest BCUT2D eigenvalue weighted by molar-refractivity contribution is 6.01. The molecule has 0 aliphatic carbocycles. The summed E-state index contributed by atoms with van der Waals surface area (Å²) in [6, 6.07) is 18.5. The Balaban J connectivity index is 1.36. The molecule has 0 saturated carbocycles. The minimum atomic E-state index is -0.471. The van der Waals surface area contributed by atoms with Gasteiger partial charge in [-0.3, -0.25) is 9.69 Å². The molecular formula is C26H29N9O2. The van der Waals surface area contributed by atoms with Gasteiger partial charge in [-0.1, -0.05) is 66.2 Å². The number of anilines is 1. The zero-order valence-corrected chi connectivity index (χ0v) is 20.8. The Morgan fingerprint density at radius 1 is 1.11 bits per heavy atom. The van der Waals surface area contributed by atoms with E-state index < -0.39 is 5.91 Å². The van der Waals surface area contributed by atoms with E-state index in [1.807, 2.05) is 49.4 Å². The molecule has 0 bridgehead atoms. The molecule has 0 unspecified atom stereocenters. The lowest BCUT2D eigenvalue weighted by molar-refractivity contribution is 0.0944. The van der Waals surface area contributed by atoms with Crippen molar-refractivity contribution in [1.82, 2.24) is 35.6 Å². The predicted molar refractivity (Wildman–Crippen MR) is 139 cm³/mol. The van der Waals surface area contributed by atoms with Crippen LogP contribution in [-0.4, -0.2) is 54.4 Å². The number of aromatic nitrogens is 5. The smallest absolute Gasteiger partial charge is 0.293 e. The van der Waals surface area contributed by atoms with Gasteiger partial charge in [0.25, 0.3) is 5.91 Å². The molecule has 11 heteroatoms. The molecule has 11 nitrogen and oxygen atoms in total. The minimum Gasteiger partial charge on any atom is -0.378 e. The van der Waals surface area contributed by atoms with E-state index in [1.165, 1.54) is 11.1 Å². The zero-order chi connectivity index (χ0) is 25.8. The normalized spacial score (nSPS) is 16.6. The van der Waals surface area contributed by atoms with Crippen molar-refractivity contribution in [3.63, 3.8) is 0 Å². The van der Waals surface area contributed by atoms with Gasteiger partial charge in [-0.25, -0.2) is 10.1 Å². The Morgan fingerprint density at radius 3 is 2.57 bits per heavy atom. The molecule has 1 aliphatic rings. The molecule has 0 spiro atoms. The second kappa shape index (κ2) is 10.7. The van der Waals surface area contributed by atoms with E-state index in [-0.39, 0.29) is 17.3 Å².